The fraction of sp³-hybridized carbons (Fsp3) is 0.417. The van der Waals surface area contributed by atoms with Gasteiger partial charge in [-0.25, -0.2) is 0 Å². The number of hydrogen-bond donors (Lipinski definition) is 1. The number of carbonyl (C=O) groups excluding carboxylic acids is 2. The third kappa shape index (κ3) is 4.67. The van der Waals surface area contributed by atoms with Gasteiger partial charge in [0, 0.05) is 50.2 Å². The smallest absolute Gasteiger partial charge is 0.227 e. The molecule has 4 rings (SSSR count). The van der Waals surface area contributed by atoms with E-state index in [4.69, 9.17) is 0 Å². The maximum Gasteiger partial charge on any atom is 0.227 e. The molecular weight excluding hydrogens is 362 g/mol. The Kier molecular flexibility index (Phi) is 5.95. The summed E-state index contributed by atoms with van der Waals surface area (Å²) >= 11 is 0. The molecule has 2 atom stereocenters. The van der Waals surface area contributed by atoms with Crippen LogP contribution in [0.4, 0.5) is 5.69 Å². The number of anilines is 1. The van der Waals surface area contributed by atoms with Crippen molar-refractivity contribution in [3.05, 3.63) is 65.7 Å². The standard InChI is InChI=1S/C24H29N3O2/c1-18-16-26(17-19-7-3-2-4-8-19)13-14-27(18)23(28)12-11-21-15-20-9-5-6-10-22(20)25-24(21)29/h2-10,18,21H,11-17H2,1H3,(H,25,29). The van der Waals surface area contributed by atoms with Crippen molar-refractivity contribution >= 4 is 17.5 Å². The van der Waals surface area contributed by atoms with Gasteiger partial charge in [-0.05, 0) is 37.0 Å². The average molecular weight is 392 g/mol. The number of benzene rings is 2. The number of para-hydroxylation sites is 1. The Labute approximate surface area is 172 Å². The summed E-state index contributed by atoms with van der Waals surface area (Å²) in [6.07, 6.45) is 1.76. The molecule has 1 N–H and O–H groups in total. The highest BCUT2D eigenvalue weighted by Gasteiger charge is 2.30. The molecule has 0 aromatic heterocycles. The Morgan fingerprint density at radius 2 is 1.83 bits per heavy atom. The number of piperazine rings is 1. The van der Waals surface area contributed by atoms with E-state index in [-0.39, 0.29) is 23.8 Å². The summed E-state index contributed by atoms with van der Waals surface area (Å²) in [6.45, 7) is 5.58. The topological polar surface area (TPSA) is 52.6 Å². The second kappa shape index (κ2) is 8.78. The molecule has 5 nitrogen and oxygen atoms in total. The predicted octanol–water partition coefficient (Wildman–Crippen LogP) is 3.31. The van der Waals surface area contributed by atoms with Gasteiger partial charge in [0.15, 0.2) is 0 Å². The molecule has 0 radical (unpaired) electrons. The van der Waals surface area contributed by atoms with E-state index in [0.717, 1.165) is 43.9 Å². The minimum Gasteiger partial charge on any atom is -0.337 e. The molecule has 2 amide bonds. The Morgan fingerprint density at radius 1 is 1.07 bits per heavy atom. The first-order valence-corrected chi connectivity index (χ1v) is 10.5. The SMILES string of the molecule is CC1CN(Cc2ccccc2)CCN1C(=O)CCC1Cc2ccccc2NC1=O. The van der Waals surface area contributed by atoms with Crippen molar-refractivity contribution < 1.29 is 9.59 Å². The van der Waals surface area contributed by atoms with Crippen LogP contribution >= 0.6 is 0 Å². The maximum absolute atomic E-state index is 12.8. The molecule has 0 aliphatic carbocycles. The minimum atomic E-state index is -0.122. The first-order chi connectivity index (χ1) is 14.1. The first-order valence-electron chi connectivity index (χ1n) is 10.5. The molecule has 2 aliphatic heterocycles. The first kappa shape index (κ1) is 19.6. The number of fused-ring (bicyclic) bond motifs is 1. The summed E-state index contributed by atoms with van der Waals surface area (Å²) in [4.78, 5) is 29.6. The van der Waals surface area contributed by atoms with Gasteiger partial charge in [0.1, 0.15) is 0 Å². The number of carbonyl (C=O) groups is 2. The monoisotopic (exact) mass is 391 g/mol. The fourth-order valence-corrected chi connectivity index (χ4v) is 4.48. The molecule has 2 heterocycles. The zero-order chi connectivity index (χ0) is 20.2. The largest absolute Gasteiger partial charge is 0.337 e. The van der Waals surface area contributed by atoms with Crippen molar-refractivity contribution in [3.63, 3.8) is 0 Å². The number of rotatable bonds is 5. The van der Waals surface area contributed by atoms with Crippen molar-refractivity contribution in [2.75, 3.05) is 25.0 Å². The van der Waals surface area contributed by atoms with E-state index in [9.17, 15) is 9.59 Å². The molecule has 5 heteroatoms. The second-order valence-corrected chi connectivity index (χ2v) is 8.24. The van der Waals surface area contributed by atoms with Crippen molar-refractivity contribution in [3.8, 4) is 0 Å². The van der Waals surface area contributed by atoms with Crippen LogP contribution in [0.5, 0.6) is 0 Å². The lowest BCUT2D eigenvalue weighted by atomic mass is 9.89. The number of nitrogens with zero attached hydrogens (tertiary/aromatic N) is 2. The Bertz CT molecular complexity index is 867. The molecule has 2 aromatic rings. The van der Waals surface area contributed by atoms with Crippen LogP contribution in [-0.2, 0) is 22.6 Å². The number of amides is 2. The molecule has 0 spiro atoms. The van der Waals surface area contributed by atoms with Gasteiger partial charge in [-0.2, -0.15) is 0 Å². The van der Waals surface area contributed by atoms with Gasteiger partial charge < -0.3 is 10.2 Å². The number of nitrogens with one attached hydrogen (secondary N) is 1. The quantitative estimate of drug-likeness (QED) is 0.851. The minimum absolute atomic E-state index is 0.0391. The molecule has 0 saturated carbocycles. The highest BCUT2D eigenvalue weighted by molar-refractivity contribution is 5.96. The molecular formula is C24H29N3O2. The summed E-state index contributed by atoms with van der Waals surface area (Å²) in [6, 6.07) is 18.6. The Morgan fingerprint density at radius 3 is 2.62 bits per heavy atom. The molecule has 152 valence electrons. The molecule has 1 fully saturated rings. The summed E-state index contributed by atoms with van der Waals surface area (Å²) < 4.78 is 0. The van der Waals surface area contributed by atoms with Crippen LogP contribution in [-0.4, -0.2) is 47.3 Å². The molecule has 2 unspecified atom stereocenters. The van der Waals surface area contributed by atoms with Crippen LogP contribution in [0.1, 0.15) is 30.9 Å². The highest BCUT2D eigenvalue weighted by atomic mass is 16.2. The molecule has 2 aliphatic rings. The van der Waals surface area contributed by atoms with E-state index in [2.05, 4.69) is 47.5 Å². The third-order valence-electron chi connectivity index (χ3n) is 6.10. The Balaban J connectivity index is 1.28. The van der Waals surface area contributed by atoms with Crippen LogP contribution in [0, 0.1) is 5.92 Å². The molecule has 0 bridgehead atoms. The molecule has 1 saturated heterocycles. The second-order valence-electron chi connectivity index (χ2n) is 8.24. The highest BCUT2D eigenvalue weighted by Crippen LogP contribution is 2.28. The molecule has 29 heavy (non-hydrogen) atoms. The lowest BCUT2D eigenvalue weighted by molar-refractivity contribution is -0.136. The predicted molar refractivity (Wildman–Crippen MR) is 114 cm³/mol. The summed E-state index contributed by atoms with van der Waals surface area (Å²) in [5.41, 5.74) is 3.37. The lowest BCUT2D eigenvalue weighted by Gasteiger charge is -2.40. The normalized spacial score (nSPS) is 22.1. The summed E-state index contributed by atoms with van der Waals surface area (Å²) in [7, 11) is 0. The third-order valence-corrected chi connectivity index (χ3v) is 6.10. The summed E-state index contributed by atoms with van der Waals surface area (Å²) in [5.74, 6) is 0.0873. The maximum atomic E-state index is 12.8. The van der Waals surface area contributed by atoms with E-state index in [1.165, 1.54) is 5.56 Å². The average Bonchev–Trinajstić information content (AvgIpc) is 2.73. The van der Waals surface area contributed by atoms with E-state index >= 15 is 0 Å². The van der Waals surface area contributed by atoms with Crippen molar-refractivity contribution in [1.29, 1.82) is 0 Å². The zero-order valence-corrected chi connectivity index (χ0v) is 17.0. The van der Waals surface area contributed by atoms with Crippen molar-refractivity contribution in [2.24, 2.45) is 5.92 Å². The fourth-order valence-electron chi connectivity index (χ4n) is 4.48. The van der Waals surface area contributed by atoms with E-state index in [1.54, 1.807) is 0 Å². The molecule has 2 aromatic carbocycles. The summed E-state index contributed by atoms with van der Waals surface area (Å²) in [5, 5.41) is 2.98. The Hall–Kier alpha value is -2.66. The number of hydrogen-bond acceptors (Lipinski definition) is 3. The van der Waals surface area contributed by atoms with Gasteiger partial charge in [0.05, 0.1) is 0 Å². The van der Waals surface area contributed by atoms with Crippen LogP contribution in [0.15, 0.2) is 54.6 Å². The van der Waals surface area contributed by atoms with E-state index in [0.29, 0.717) is 12.8 Å². The van der Waals surface area contributed by atoms with Crippen LogP contribution in [0.3, 0.4) is 0 Å². The zero-order valence-electron chi connectivity index (χ0n) is 17.0. The van der Waals surface area contributed by atoms with Gasteiger partial charge >= 0.3 is 0 Å². The van der Waals surface area contributed by atoms with E-state index in [1.807, 2.05) is 29.2 Å². The van der Waals surface area contributed by atoms with Crippen LogP contribution in [0.2, 0.25) is 0 Å². The van der Waals surface area contributed by atoms with Gasteiger partial charge in [-0.3, -0.25) is 14.5 Å². The van der Waals surface area contributed by atoms with Crippen LogP contribution in [0.25, 0.3) is 0 Å². The van der Waals surface area contributed by atoms with Crippen molar-refractivity contribution in [2.45, 2.75) is 38.8 Å². The van der Waals surface area contributed by atoms with Crippen LogP contribution < -0.4 is 5.32 Å². The van der Waals surface area contributed by atoms with Crippen molar-refractivity contribution in [1.82, 2.24) is 9.80 Å². The lowest BCUT2D eigenvalue weighted by Crippen LogP contribution is -2.53. The van der Waals surface area contributed by atoms with Gasteiger partial charge in [0.25, 0.3) is 0 Å². The van der Waals surface area contributed by atoms with Gasteiger partial charge in [0.2, 0.25) is 11.8 Å². The van der Waals surface area contributed by atoms with E-state index < -0.39 is 0 Å². The van der Waals surface area contributed by atoms with Gasteiger partial charge in [-0.15, -0.1) is 0 Å². The van der Waals surface area contributed by atoms with Gasteiger partial charge in [-0.1, -0.05) is 48.5 Å².